The zero-order chi connectivity index (χ0) is 12.8. The van der Waals surface area contributed by atoms with Gasteiger partial charge in [0.05, 0.1) is 0 Å². The number of aryl methyl sites for hydroxylation is 1. The van der Waals surface area contributed by atoms with Gasteiger partial charge in [0.25, 0.3) is 5.56 Å². The lowest BCUT2D eigenvalue weighted by Crippen LogP contribution is -2.32. The quantitative estimate of drug-likeness (QED) is 0.718. The van der Waals surface area contributed by atoms with Gasteiger partial charge in [-0.2, -0.15) is 0 Å². The average molecular weight is 238 g/mol. The lowest BCUT2D eigenvalue weighted by molar-refractivity contribution is 0.553. The fourth-order valence-electron chi connectivity index (χ4n) is 1.51. The maximum absolute atomic E-state index is 11.3. The molecule has 5 heteroatoms. The molecule has 0 aliphatic rings. The Morgan fingerprint density at radius 2 is 2.24 bits per heavy atom. The standard InChI is InChI=1S/C12H22N4O/c1-9(2)8-13-5-6-16(4)11-7-12(17)15-10(3)14-11/h7,9,13H,5-6,8H2,1-4H3,(H,14,15,17). The summed E-state index contributed by atoms with van der Waals surface area (Å²) in [4.78, 5) is 20.2. The van der Waals surface area contributed by atoms with Crippen LogP contribution in [0.15, 0.2) is 10.9 Å². The van der Waals surface area contributed by atoms with E-state index in [1.165, 1.54) is 6.07 Å². The lowest BCUT2D eigenvalue weighted by Gasteiger charge is -2.18. The Labute approximate surface area is 102 Å². The molecular formula is C12H22N4O. The minimum Gasteiger partial charge on any atom is -0.358 e. The van der Waals surface area contributed by atoms with Crippen molar-refractivity contribution in [1.82, 2.24) is 15.3 Å². The molecule has 0 spiro atoms. The number of anilines is 1. The first-order chi connectivity index (χ1) is 7.99. The Hall–Kier alpha value is -1.36. The second kappa shape index (κ2) is 6.39. The van der Waals surface area contributed by atoms with E-state index in [4.69, 9.17) is 0 Å². The summed E-state index contributed by atoms with van der Waals surface area (Å²) in [5.74, 6) is 2.02. The van der Waals surface area contributed by atoms with E-state index < -0.39 is 0 Å². The summed E-state index contributed by atoms with van der Waals surface area (Å²) in [7, 11) is 1.94. The van der Waals surface area contributed by atoms with Crippen molar-refractivity contribution < 1.29 is 0 Å². The number of aromatic amines is 1. The SMILES string of the molecule is Cc1nc(N(C)CCNCC(C)C)cc(=O)[nH]1. The minimum absolute atomic E-state index is 0.102. The average Bonchev–Trinajstić information content (AvgIpc) is 2.22. The van der Waals surface area contributed by atoms with Gasteiger partial charge in [-0.05, 0) is 19.4 Å². The topological polar surface area (TPSA) is 61.0 Å². The summed E-state index contributed by atoms with van der Waals surface area (Å²) in [6.45, 7) is 8.88. The molecule has 0 fully saturated rings. The van der Waals surface area contributed by atoms with Gasteiger partial charge < -0.3 is 15.2 Å². The number of H-pyrrole nitrogens is 1. The Morgan fingerprint density at radius 1 is 1.53 bits per heavy atom. The van der Waals surface area contributed by atoms with Crippen LogP contribution in [-0.2, 0) is 0 Å². The molecule has 0 aliphatic heterocycles. The number of hydrogen-bond acceptors (Lipinski definition) is 4. The first-order valence-electron chi connectivity index (χ1n) is 5.99. The van der Waals surface area contributed by atoms with Crippen molar-refractivity contribution in [3.05, 3.63) is 22.2 Å². The normalized spacial score (nSPS) is 10.9. The van der Waals surface area contributed by atoms with Crippen LogP contribution in [0, 0.1) is 12.8 Å². The van der Waals surface area contributed by atoms with E-state index >= 15 is 0 Å². The van der Waals surface area contributed by atoms with Crippen LogP contribution in [0.2, 0.25) is 0 Å². The fourth-order valence-corrected chi connectivity index (χ4v) is 1.51. The van der Waals surface area contributed by atoms with Gasteiger partial charge in [0.2, 0.25) is 0 Å². The summed E-state index contributed by atoms with van der Waals surface area (Å²) >= 11 is 0. The van der Waals surface area contributed by atoms with Gasteiger partial charge in [-0.25, -0.2) is 4.98 Å². The number of likely N-dealkylation sites (N-methyl/N-ethyl adjacent to an activating group) is 1. The highest BCUT2D eigenvalue weighted by Gasteiger charge is 2.04. The van der Waals surface area contributed by atoms with Gasteiger partial charge in [0, 0.05) is 26.2 Å². The summed E-state index contributed by atoms with van der Waals surface area (Å²) in [6, 6.07) is 1.52. The van der Waals surface area contributed by atoms with Gasteiger partial charge in [-0.1, -0.05) is 13.8 Å². The second-order valence-electron chi connectivity index (χ2n) is 4.71. The van der Waals surface area contributed by atoms with E-state index in [-0.39, 0.29) is 5.56 Å². The van der Waals surface area contributed by atoms with Gasteiger partial charge in [-0.3, -0.25) is 4.79 Å². The Balaban J connectivity index is 2.46. The molecule has 1 rings (SSSR count). The molecule has 1 aromatic rings. The van der Waals surface area contributed by atoms with Crippen LogP contribution in [0.1, 0.15) is 19.7 Å². The molecule has 0 aromatic carbocycles. The molecular weight excluding hydrogens is 216 g/mol. The van der Waals surface area contributed by atoms with Gasteiger partial charge >= 0.3 is 0 Å². The Morgan fingerprint density at radius 3 is 2.82 bits per heavy atom. The Bertz CT molecular complexity index is 400. The molecule has 5 nitrogen and oxygen atoms in total. The molecule has 96 valence electrons. The van der Waals surface area contributed by atoms with E-state index in [2.05, 4.69) is 29.1 Å². The summed E-state index contributed by atoms with van der Waals surface area (Å²) in [5, 5.41) is 3.36. The molecule has 17 heavy (non-hydrogen) atoms. The molecule has 0 bridgehead atoms. The number of rotatable bonds is 6. The van der Waals surface area contributed by atoms with Crippen LogP contribution < -0.4 is 15.8 Å². The maximum Gasteiger partial charge on any atom is 0.252 e. The Kier molecular flexibility index (Phi) is 5.15. The predicted octanol–water partition coefficient (Wildman–Crippen LogP) is 0.760. The molecule has 0 amide bonds. The lowest BCUT2D eigenvalue weighted by atomic mass is 10.2. The second-order valence-corrected chi connectivity index (χ2v) is 4.71. The first kappa shape index (κ1) is 13.7. The molecule has 0 unspecified atom stereocenters. The number of nitrogens with zero attached hydrogens (tertiary/aromatic N) is 2. The van der Waals surface area contributed by atoms with Crippen LogP contribution in [0.3, 0.4) is 0 Å². The van der Waals surface area contributed by atoms with Crippen LogP contribution in [0.4, 0.5) is 5.82 Å². The largest absolute Gasteiger partial charge is 0.358 e. The third-order valence-corrected chi connectivity index (χ3v) is 2.41. The van der Waals surface area contributed by atoms with Crippen LogP contribution in [-0.4, -0.2) is 36.6 Å². The molecule has 1 heterocycles. The fraction of sp³-hybridized carbons (Fsp3) is 0.667. The van der Waals surface area contributed by atoms with E-state index in [9.17, 15) is 4.79 Å². The van der Waals surface area contributed by atoms with Crippen molar-refractivity contribution in [2.24, 2.45) is 5.92 Å². The van der Waals surface area contributed by atoms with E-state index in [0.29, 0.717) is 11.7 Å². The van der Waals surface area contributed by atoms with Crippen LogP contribution in [0.25, 0.3) is 0 Å². The van der Waals surface area contributed by atoms with E-state index in [0.717, 1.165) is 25.5 Å². The van der Waals surface area contributed by atoms with Crippen molar-refractivity contribution in [2.45, 2.75) is 20.8 Å². The molecule has 0 aliphatic carbocycles. The van der Waals surface area contributed by atoms with E-state index in [1.54, 1.807) is 6.92 Å². The third-order valence-electron chi connectivity index (χ3n) is 2.41. The molecule has 0 saturated heterocycles. The van der Waals surface area contributed by atoms with Crippen molar-refractivity contribution in [3.63, 3.8) is 0 Å². The number of hydrogen-bond donors (Lipinski definition) is 2. The summed E-state index contributed by atoms with van der Waals surface area (Å²) in [6.07, 6.45) is 0. The van der Waals surface area contributed by atoms with Crippen molar-refractivity contribution >= 4 is 5.82 Å². The predicted molar refractivity (Wildman–Crippen MR) is 70.6 cm³/mol. The van der Waals surface area contributed by atoms with Crippen molar-refractivity contribution in [2.75, 3.05) is 31.6 Å². The highest BCUT2D eigenvalue weighted by Crippen LogP contribution is 2.03. The van der Waals surface area contributed by atoms with Gasteiger partial charge in [0.1, 0.15) is 11.6 Å². The molecule has 1 aromatic heterocycles. The first-order valence-corrected chi connectivity index (χ1v) is 5.99. The zero-order valence-corrected chi connectivity index (χ0v) is 11.1. The molecule has 2 N–H and O–H groups in total. The van der Waals surface area contributed by atoms with Crippen molar-refractivity contribution in [1.29, 1.82) is 0 Å². The smallest absolute Gasteiger partial charge is 0.252 e. The van der Waals surface area contributed by atoms with E-state index in [1.807, 2.05) is 11.9 Å². The maximum atomic E-state index is 11.3. The zero-order valence-electron chi connectivity index (χ0n) is 11.1. The van der Waals surface area contributed by atoms with Gasteiger partial charge in [-0.15, -0.1) is 0 Å². The number of aromatic nitrogens is 2. The summed E-state index contributed by atoms with van der Waals surface area (Å²) in [5.41, 5.74) is -0.102. The van der Waals surface area contributed by atoms with Crippen LogP contribution in [0.5, 0.6) is 0 Å². The summed E-state index contributed by atoms with van der Waals surface area (Å²) < 4.78 is 0. The molecule has 0 atom stereocenters. The van der Waals surface area contributed by atoms with Crippen LogP contribution >= 0.6 is 0 Å². The highest BCUT2D eigenvalue weighted by molar-refractivity contribution is 5.35. The molecule has 0 radical (unpaired) electrons. The third kappa shape index (κ3) is 4.99. The highest BCUT2D eigenvalue weighted by atomic mass is 16.1. The monoisotopic (exact) mass is 238 g/mol. The number of nitrogens with one attached hydrogen (secondary N) is 2. The van der Waals surface area contributed by atoms with Gasteiger partial charge in [0.15, 0.2) is 0 Å². The molecule has 0 saturated carbocycles. The van der Waals surface area contributed by atoms with Crippen molar-refractivity contribution in [3.8, 4) is 0 Å². The minimum atomic E-state index is -0.102.